The van der Waals surface area contributed by atoms with E-state index in [0.717, 1.165) is 6.07 Å². The third-order valence-corrected chi connectivity index (χ3v) is 5.68. The molecule has 7 nitrogen and oxygen atoms in total. The zero-order valence-electron chi connectivity index (χ0n) is 14.2. The number of aromatic nitrogens is 3. The monoisotopic (exact) mass is 417 g/mol. The van der Waals surface area contributed by atoms with Gasteiger partial charge >= 0.3 is 0 Å². The summed E-state index contributed by atoms with van der Waals surface area (Å²) in [5, 5.41) is 4.32. The van der Waals surface area contributed by atoms with Crippen LogP contribution < -0.4 is 10.5 Å². The molecule has 0 atom stereocenters. The highest BCUT2D eigenvalue weighted by molar-refractivity contribution is 7.92. The van der Waals surface area contributed by atoms with Gasteiger partial charge in [0.05, 0.1) is 16.8 Å². The molecule has 142 valence electrons. The number of fused-ring (bicyclic) bond motifs is 1. The lowest BCUT2D eigenvalue weighted by Crippen LogP contribution is -2.13. The molecule has 4 aromatic rings. The Balaban J connectivity index is 1.69. The number of hydrogen-bond acceptors (Lipinski definition) is 5. The molecule has 0 fully saturated rings. The van der Waals surface area contributed by atoms with Crippen molar-refractivity contribution in [1.82, 2.24) is 14.6 Å². The molecular formula is C18H13ClFN5O2S. The van der Waals surface area contributed by atoms with Crippen molar-refractivity contribution in [3.05, 3.63) is 71.8 Å². The van der Waals surface area contributed by atoms with Crippen LogP contribution in [0.1, 0.15) is 0 Å². The molecule has 0 amide bonds. The summed E-state index contributed by atoms with van der Waals surface area (Å²) < 4.78 is 43.4. The standard InChI is InChI=1S/C18H13ClFN5O2S/c19-11-2-1-3-13(8-11)28(26,27)24-12-4-5-14(16(20)9-12)15-10-22-17-6-7-23-25(17)18(15)21/h1-10,24H,21H2. The summed E-state index contributed by atoms with van der Waals surface area (Å²) in [6, 6.07) is 11.4. The Hall–Kier alpha value is -3.17. The van der Waals surface area contributed by atoms with Gasteiger partial charge in [-0.05, 0) is 36.4 Å². The SMILES string of the molecule is Nc1c(-c2ccc(NS(=O)(=O)c3cccc(Cl)c3)cc2F)cnc2ccnn12. The molecule has 0 bridgehead atoms. The van der Waals surface area contributed by atoms with Crippen LogP contribution in [0.4, 0.5) is 15.9 Å². The summed E-state index contributed by atoms with van der Waals surface area (Å²) in [5.41, 5.74) is 7.18. The second-order valence-electron chi connectivity index (χ2n) is 5.92. The zero-order valence-corrected chi connectivity index (χ0v) is 15.7. The average molecular weight is 418 g/mol. The molecule has 2 heterocycles. The third kappa shape index (κ3) is 3.25. The van der Waals surface area contributed by atoms with Crippen LogP contribution in [-0.2, 0) is 10.0 Å². The molecule has 0 aliphatic heterocycles. The minimum absolute atomic E-state index is 0.0259. The molecule has 0 aliphatic rings. The fourth-order valence-electron chi connectivity index (χ4n) is 2.74. The molecule has 0 saturated heterocycles. The molecule has 0 saturated carbocycles. The quantitative estimate of drug-likeness (QED) is 0.528. The maximum atomic E-state index is 14.7. The topological polar surface area (TPSA) is 102 Å². The fraction of sp³-hybridized carbons (Fsp3) is 0. The highest BCUT2D eigenvalue weighted by atomic mass is 35.5. The minimum Gasteiger partial charge on any atom is -0.383 e. The lowest BCUT2D eigenvalue weighted by Gasteiger charge is -2.11. The number of nitrogens with one attached hydrogen (secondary N) is 1. The van der Waals surface area contributed by atoms with Crippen LogP contribution in [0.15, 0.2) is 65.8 Å². The van der Waals surface area contributed by atoms with Gasteiger partial charge in [-0.25, -0.2) is 17.8 Å². The van der Waals surface area contributed by atoms with Crippen molar-refractivity contribution in [2.45, 2.75) is 4.90 Å². The van der Waals surface area contributed by atoms with Gasteiger partial charge in [-0.2, -0.15) is 9.61 Å². The Labute approximate surface area is 164 Å². The molecule has 0 aliphatic carbocycles. The Bertz CT molecular complexity index is 1310. The first-order chi connectivity index (χ1) is 13.3. The number of rotatable bonds is 4. The predicted molar refractivity (Wildman–Crippen MR) is 105 cm³/mol. The Morgan fingerprint density at radius 3 is 2.68 bits per heavy atom. The van der Waals surface area contributed by atoms with E-state index in [1.807, 2.05) is 0 Å². The first-order valence-electron chi connectivity index (χ1n) is 8.02. The van der Waals surface area contributed by atoms with Crippen LogP contribution in [0.5, 0.6) is 0 Å². The number of nitrogens with two attached hydrogens (primary N) is 1. The Morgan fingerprint density at radius 1 is 1.11 bits per heavy atom. The van der Waals surface area contributed by atoms with Crippen molar-refractivity contribution in [3.63, 3.8) is 0 Å². The number of nitrogen functional groups attached to an aromatic ring is 1. The number of anilines is 2. The largest absolute Gasteiger partial charge is 0.383 e. The van der Waals surface area contributed by atoms with Crippen molar-refractivity contribution >= 4 is 38.8 Å². The van der Waals surface area contributed by atoms with E-state index < -0.39 is 15.8 Å². The van der Waals surface area contributed by atoms with Gasteiger partial charge in [-0.1, -0.05) is 17.7 Å². The first kappa shape index (κ1) is 18.2. The summed E-state index contributed by atoms with van der Waals surface area (Å²) in [5.74, 6) is -0.438. The summed E-state index contributed by atoms with van der Waals surface area (Å²) in [6.07, 6.45) is 2.98. The van der Waals surface area contributed by atoms with Crippen molar-refractivity contribution in [1.29, 1.82) is 0 Å². The van der Waals surface area contributed by atoms with E-state index in [2.05, 4.69) is 14.8 Å². The fourth-order valence-corrected chi connectivity index (χ4v) is 4.09. The van der Waals surface area contributed by atoms with Gasteiger partial charge in [-0.15, -0.1) is 0 Å². The van der Waals surface area contributed by atoms with Crippen molar-refractivity contribution in [2.75, 3.05) is 10.5 Å². The molecule has 10 heteroatoms. The molecule has 2 aromatic heterocycles. The predicted octanol–water partition coefficient (Wildman–Crippen LogP) is 3.57. The number of halogens is 2. The summed E-state index contributed by atoms with van der Waals surface area (Å²) in [6.45, 7) is 0. The van der Waals surface area contributed by atoms with Crippen LogP contribution in [0, 0.1) is 5.82 Å². The Kier molecular flexibility index (Phi) is 4.40. The van der Waals surface area contributed by atoms with E-state index in [9.17, 15) is 12.8 Å². The maximum Gasteiger partial charge on any atom is 0.261 e. The van der Waals surface area contributed by atoms with E-state index in [4.69, 9.17) is 17.3 Å². The van der Waals surface area contributed by atoms with E-state index in [1.54, 1.807) is 12.1 Å². The second-order valence-corrected chi connectivity index (χ2v) is 8.03. The van der Waals surface area contributed by atoms with Crippen LogP contribution in [-0.4, -0.2) is 23.0 Å². The Morgan fingerprint density at radius 2 is 1.93 bits per heavy atom. The lowest BCUT2D eigenvalue weighted by atomic mass is 10.1. The van der Waals surface area contributed by atoms with Gasteiger partial charge in [0.2, 0.25) is 0 Å². The highest BCUT2D eigenvalue weighted by Gasteiger charge is 2.17. The summed E-state index contributed by atoms with van der Waals surface area (Å²) in [4.78, 5) is 4.15. The lowest BCUT2D eigenvalue weighted by molar-refractivity contribution is 0.601. The molecule has 2 aromatic carbocycles. The van der Waals surface area contributed by atoms with E-state index in [0.29, 0.717) is 11.2 Å². The molecule has 4 rings (SSSR count). The average Bonchev–Trinajstić information content (AvgIpc) is 3.12. The number of benzene rings is 2. The van der Waals surface area contributed by atoms with E-state index in [1.165, 1.54) is 47.2 Å². The van der Waals surface area contributed by atoms with E-state index in [-0.39, 0.29) is 27.0 Å². The third-order valence-electron chi connectivity index (χ3n) is 4.07. The smallest absolute Gasteiger partial charge is 0.261 e. The molecule has 28 heavy (non-hydrogen) atoms. The van der Waals surface area contributed by atoms with Crippen LogP contribution in [0.3, 0.4) is 0 Å². The van der Waals surface area contributed by atoms with Gasteiger partial charge in [0.15, 0.2) is 5.65 Å². The second kappa shape index (κ2) is 6.77. The zero-order chi connectivity index (χ0) is 19.9. The van der Waals surface area contributed by atoms with Gasteiger partial charge in [0.25, 0.3) is 10.0 Å². The maximum absolute atomic E-state index is 14.7. The van der Waals surface area contributed by atoms with Crippen molar-refractivity contribution in [2.24, 2.45) is 0 Å². The first-order valence-corrected chi connectivity index (χ1v) is 9.88. The number of hydrogen-bond donors (Lipinski definition) is 2. The van der Waals surface area contributed by atoms with Gasteiger partial charge in [0.1, 0.15) is 11.6 Å². The highest BCUT2D eigenvalue weighted by Crippen LogP contribution is 2.30. The van der Waals surface area contributed by atoms with Crippen LogP contribution in [0.25, 0.3) is 16.8 Å². The minimum atomic E-state index is -3.91. The number of nitrogens with zero attached hydrogens (tertiary/aromatic N) is 3. The van der Waals surface area contributed by atoms with Gasteiger partial charge in [0, 0.05) is 28.4 Å². The molecular weight excluding hydrogens is 405 g/mol. The molecule has 3 N–H and O–H groups in total. The van der Waals surface area contributed by atoms with Crippen molar-refractivity contribution in [3.8, 4) is 11.1 Å². The summed E-state index contributed by atoms with van der Waals surface area (Å²) in [7, 11) is -3.91. The molecule has 0 radical (unpaired) electrons. The van der Waals surface area contributed by atoms with E-state index >= 15 is 0 Å². The van der Waals surface area contributed by atoms with Crippen LogP contribution in [0.2, 0.25) is 5.02 Å². The molecule has 0 spiro atoms. The van der Waals surface area contributed by atoms with Crippen LogP contribution >= 0.6 is 11.6 Å². The summed E-state index contributed by atoms with van der Waals surface area (Å²) >= 11 is 5.84. The van der Waals surface area contributed by atoms with Gasteiger partial charge in [-0.3, -0.25) is 4.72 Å². The number of sulfonamides is 1. The molecule has 0 unspecified atom stereocenters. The normalized spacial score (nSPS) is 11.6. The van der Waals surface area contributed by atoms with Crippen molar-refractivity contribution < 1.29 is 12.8 Å². The van der Waals surface area contributed by atoms with Gasteiger partial charge < -0.3 is 5.73 Å².